The summed E-state index contributed by atoms with van der Waals surface area (Å²) >= 11 is 0. The van der Waals surface area contributed by atoms with E-state index in [1.807, 2.05) is 31.2 Å². The van der Waals surface area contributed by atoms with Gasteiger partial charge in [-0.25, -0.2) is 0 Å². The number of aliphatic carboxylic acids is 1. The number of benzene rings is 1. The zero-order valence-corrected chi connectivity index (χ0v) is 14.3. The highest BCUT2D eigenvalue weighted by Gasteiger charge is 2.12. The van der Waals surface area contributed by atoms with Crippen LogP contribution in [0.5, 0.6) is 0 Å². The van der Waals surface area contributed by atoms with Crippen LogP contribution >= 0.6 is 0 Å². The Morgan fingerprint density at radius 3 is 2.77 bits per heavy atom. The molecular weight excluding hydrogens is 334 g/mol. The summed E-state index contributed by atoms with van der Waals surface area (Å²) in [5.41, 5.74) is 3.14. The summed E-state index contributed by atoms with van der Waals surface area (Å²) in [6, 6.07) is 9.61. The molecular formula is C18H19N5O3. The van der Waals surface area contributed by atoms with Crippen molar-refractivity contribution in [3.8, 4) is 0 Å². The highest BCUT2D eigenvalue weighted by atomic mass is 16.4. The fourth-order valence-electron chi connectivity index (χ4n) is 2.49. The predicted octanol–water partition coefficient (Wildman–Crippen LogP) is 2.16. The largest absolute Gasteiger partial charge is 0.481 e. The van der Waals surface area contributed by atoms with Crippen LogP contribution < -0.4 is 5.32 Å². The van der Waals surface area contributed by atoms with Crippen LogP contribution in [0.3, 0.4) is 0 Å². The van der Waals surface area contributed by atoms with E-state index in [1.54, 1.807) is 29.3 Å². The van der Waals surface area contributed by atoms with Gasteiger partial charge in [-0.05, 0) is 24.1 Å². The average molecular weight is 353 g/mol. The molecule has 0 bridgehead atoms. The molecule has 8 heteroatoms. The monoisotopic (exact) mass is 353 g/mol. The molecule has 0 unspecified atom stereocenters. The van der Waals surface area contributed by atoms with Gasteiger partial charge in [-0.1, -0.05) is 24.3 Å². The standard InChI is InChI=1S/C18H19N5O3/c1-13-4-2-3-5-14(13)11-23-12-15(10-19-23)20-18(26)16-6-8-22(21-16)9-7-17(24)25/h2-6,8,10,12H,7,9,11H2,1H3,(H,20,26)(H,24,25). The topological polar surface area (TPSA) is 102 Å². The van der Waals surface area contributed by atoms with Crippen molar-refractivity contribution in [2.45, 2.75) is 26.4 Å². The molecule has 0 saturated heterocycles. The molecule has 3 rings (SSSR count). The predicted molar refractivity (Wildman–Crippen MR) is 94.9 cm³/mol. The lowest BCUT2D eigenvalue weighted by atomic mass is 10.1. The SMILES string of the molecule is Cc1ccccc1Cn1cc(NC(=O)c2ccn(CCC(=O)O)n2)cn1. The molecule has 2 aromatic heterocycles. The average Bonchev–Trinajstić information content (AvgIpc) is 3.24. The van der Waals surface area contributed by atoms with Gasteiger partial charge in [-0.3, -0.25) is 19.0 Å². The highest BCUT2D eigenvalue weighted by Crippen LogP contribution is 2.12. The third-order valence-corrected chi connectivity index (χ3v) is 3.91. The van der Waals surface area contributed by atoms with Crippen molar-refractivity contribution in [2.75, 3.05) is 5.32 Å². The normalized spacial score (nSPS) is 10.7. The van der Waals surface area contributed by atoms with Crippen molar-refractivity contribution in [3.63, 3.8) is 0 Å². The van der Waals surface area contributed by atoms with Crippen molar-refractivity contribution in [2.24, 2.45) is 0 Å². The second-order valence-electron chi connectivity index (χ2n) is 5.91. The third kappa shape index (κ3) is 4.35. The number of rotatable bonds is 7. The van der Waals surface area contributed by atoms with Gasteiger partial charge in [0.05, 0.1) is 31.4 Å². The molecule has 2 heterocycles. The number of aryl methyl sites for hydroxylation is 2. The summed E-state index contributed by atoms with van der Waals surface area (Å²) in [7, 11) is 0. The first kappa shape index (κ1) is 17.4. The molecule has 1 amide bonds. The molecule has 0 aliphatic carbocycles. The van der Waals surface area contributed by atoms with Gasteiger partial charge in [0.2, 0.25) is 0 Å². The summed E-state index contributed by atoms with van der Waals surface area (Å²) in [5.74, 6) is -1.28. The molecule has 3 aromatic rings. The molecule has 0 aliphatic heterocycles. The van der Waals surface area contributed by atoms with Gasteiger partial charge >= 0.3 is 5.97 Å². The Bertz CT molecular complexity index is 928. The highest BCUT2D eigenvalue weighted by molar-refractivity contribution is 6.02. The Labute approximate surface area is 150 Å². The van der Waals surface area contributed by atoms with Crippen molar-refractivity contribution >= 4 is 17.6 Å². The molecule has 0 aliphatic rings. The minimum absolute atomic E-state index is 0.0472. The first-order valence-electron chi connectivity index (χ1n) is 8.15. The van der Waals surface area contributed by atoms with Crippen molar-refractivity contribution < 1.29 is 14.7 Å². The van der Waals surface area contributed by atoms with Crippen LogP contribution in [0.1, 0.15) is 28.0 Å². The molecule has 0 atom stereocenters. The number of carboxylic acids is 1. The van der Waals surface area contributed by atoms with Crippen LogP contribution in [0.15, 0.2) is 48.9 Å². The van der Waals surface area contributed by atoms with Crippen LogP contribution in [-0.4, -0.2) is 36.5 Å². The maximum absolute atomic E-state index is 12.2. The Balaban J connectivity index is 1.61. The van der Waals surface area contributed by atoms with Gasteiger partial charge in [0.1, 0.15) is 0 Å². The second kappa shape index (κ2) is 7.64. The van der Waals surface area contributed by atoms with Gasteiger partial charge in [0.15, 0.2) is 5.69 Å². The number of hydrogen-bond acceptors (Lipinski definition) is 4. The number of aromatic nitrogens is 4. The van der Waals surface area contributed by atoms with E-state index < -0.39 is 5.97 Å². The zero-order chi connectivity index (χ0) is 18.5. The number of amides is 1. The number of nitrogens with one attached hydrogen (secondary N) is 1. The maximum atomic E-state index is 12.2. The minimum Gasteiger partial charge on any atom is -0.481 e. The van der Waals surface area contributed by atoms with Crippen LogP contribution in [0.2, 0.25) is 0 Å². The van der Waals surface area contributed by atoms with Crippen molar-refractivity contribution in [3.05, 3.63) is 65.7 Å². The number of carboxylic acid groups (broad SMARTS) is 1. The molecule has 0 radical (unpaired) electrons. The molecule has 0 spiro atoms. The minimum atomic E-state index is -0.910. The molecule has 0 saturated carbocycles. The number of nitrogens with zero attached hydrogens (tertiary/aromatic N) is 4. The lowest BCUT2D eigenvalue weighted by Crippen LogP contribution is -2.13. The van der Waals surface area contributed by atoms with E-state index >= 15 is 0 Å². The molecule has 134 valence electrons. The summed E-state index contributed by atoms with van der Waals surface area (Å²) in [4.78, 5) is 22.8. The van der Waals surface area contributed by atoms with E-state index in [4.69, 9.17) is 5.11 Å². The Morgan fingerprint density at radius 1 is 1.19 bits per heavy atom. The number of carbonyl (C=O) groups excluding carboxylic acids is 1. The summed E-state index contributed by atoms with van der Waals surface area (Å²) in [6.45, 7) is 2.88. The Hall–Kier alpha value is -3.42. The molecule has 1 aromatic carbocycles. The van der Waals surface area contributed by atoms with Gasteiger partial charge in [-0.15, -0.1) is 0 Å². The number of carbonyl (C=O) groups is 2. The van der Waals surface area contributed by atoms with Crippen LogP contribution in [-0.2, 0) is 17.9 Å². The molecule has 8 nitrogen and oxygen atoms in total. The number of anilines is 1. The van der Waals surface area contributed by atoms with Gasteiger partial charge in [0, 0.05) is 12.4 Å². The van der Waals surface area contributed by atoms with Gasteiger partial charge in [0.25, 0.3) is 5.91 Å². The first-order valence-corrected chi connectivity index (χ1v) is 8.15. The maximum Gasteiger partial charge on any atom is 0.305 e. The van der Waals surface area contributed by atoms with E-state index in [0.717, 1.165) is 5.56 Å². The second-order valence-corrected chi connectivity index (χ2v) is 5.91. The first-order chi connectivity index (χ1) is 12.5. The fraction of sp³-hybridized carbons (Fsp3) is 0.222. The Morgan fingerprint density at radius 2 is 2.00 bits per heavy atom. The summed E-state index contributed by atoms with van der Waals surface area (Å²) in [6.07, 6.45) is 4.87. The fourth-order valence-corrected chi connectivity index (χ4v) is 2.49. The van der Waals surface area contributed by atoms with Crippen LogP contribution in [0, 0.1) is 6.92 Å². The molecule has 0 fully saturated rings. The lowest BCUT2D eigenvalue weighted by Gasteiger charge is -2.05. The van der Waals surface area contributed by atoms with E-state index in [9.17, 15) is 9.59 Å². The van der Waals surface area contributed by atoms with Crippen LogP contribution in [0.4, 0.5) is 5.69 Å². The van der Waals surface area contributed by atoms with Crippen molar-refractivity contribution in [1.29, 1.82) is 0 Å². The van der Waals surface area contributed by atoms with Gasteiger partial charge < -0.3 is 10.4 Å². The summed E-state index contributed by atoms with van der Waals surface area (Å²) < 4.78 is 3.19. The molecule has 2 N–H and O–H groups in total. The zero-order valence-electron chi connectivity index (χ0n) is 14.3. The smallest absolute Gasteiger partial charge is 0.305 e. The van der Waals surface area contributed by atoms with Crippen LogP contribution in [0.25, 0.3) is 0 Å². The quantitative estimate of drug-likeness (QED) is 0.678. The number of hydrogen-bond donors (Lipinski definition) is 2. The summed E-state index contributed by atoms with van der Waals surface area (Å²) in [5, 5.41) is 19.8. The lowest BCUT2D eigenvalue weighted by molar-refractivity contribution is -0.137. The van der Waals surface area contributed by atoms with E-state index in [-0.39, 0.29) is 24.6 Å². The van der Waals surface area contributed by atoms with E-state index in [0.29, 0.717) is 12.2 Å². The van der Waals surface area contributed by atoms with E-state index in [1.165, 1.54) is 10.2 Å². The molecule has 26 heavy (non-hydrogen) atoms. The van der Waals surface area contributed by atoms with Gasteiger partial charge in [-0.2, -0.15) is 10.2 Å². The van der Waals surface area contributed by atoms with E-state index in [2.05, 4.69) is 15.5 Å². The Kier molecular flexibility index (Phi) is 5.12. The third-order valence-electron chi connectivity index (χ3n) is 3.91. The van der Waals surface area contributed by atoms with Crippen molar-refractivity contribution in [1.82, 2.24) is 19.6 Å².